The number of nitrogens with zero attached hydrogens (tertiary/aromatic N) is 1. The fraction of sp³-hybridized carbons (Fsp3) is 0.556. The molecule has 1 N–H and O–H groups in total. The van der Waals surface area contributed by atoms with Gasteiger partial charge in [-0.15, -0.1) is 0 Å². The Kier molecular flexibility index (Phi) is 8.16. The van der Waals surface area contributed by atoms with Crippen LogP contribution >= 0.6 is 11.6 Å². The third kappa shape index (κ3) is 6.17. The van der Waals surface area contributed by atoms with Crippen LogP contribution in [-0.2, 0) is 42.9 Å². The number of esters is 4. The minimum atomic E-state index is -1.52. The van der Waals surface area contributed by atoms with Gasteiger partial charge in [0.2, 0.25) is 0 Å². The molecular formula is C18H21ClN2O11. The van der Waals surface area contributed by atoms with Gasteiger partial charge in [0.05, 0.1) is 0 Å². The van der Waals surface area contributed by atoms with Gasteiger partial charge in [-0.25, -0.2) is 4.79 Å². The molecule has 2 heterocycles. The Balaban J connectivity index is 2.65. The van der Waals surface area contributed by atoms with E-state index in [9.17, 15) is 28.8 Å². The number of ether oxygens (including phenoxy) is 5. The van der Waals surface area contributed by atoms with Gasteiger partial charge in [-0.3, -0.25) is 33.5 Å². The number of halogens is 1. The molecule has 0 aromatic carbocycles. The maximum Gasteiger partial charge on any atom is 0.330 e. The summed E-state index contributed by atoms with van der Waals surface area (Å²) in [6, 6.07) is 0. The molecule has 0 aliphatic carbocycles. The molecule has 0 radical (unpaired) electrons. The number of nitrogens with one attached hydrogen (secondary N) is 1. The molecule has 13 nitrogen and oxygen atoms in total. The standard InChI is InChI=1S/C18H21ClN2O11/c1-7(22)28-6-12-13(29-8(2)23)14(30-9(3)24)15(31-10(4)25)17(32-12)21-5-11(19)16(26)20-18(21)27/h5,12-15,17H,6H2,1-4H3,(H,20,26,27)/t12-,13-,14+,15-,17-/m1/s1. The molecule has 1 aliphatic rings. The second-order valence-electron chi connectivity index (χ2n) is 6.73. The maximum atomic E-state index is 12.4. The fourth-order valence-corrected chi connectivity index (χ4v) is 3.23. The zero-order valence-electron chi connectivity index (χ0n) is 17.5. The molecular weight excluding hydrogens is 456 g/mol. The van der Waals surface area contributed by atoms with Crippen LogP contribution in [0.2, 0.25) is 5.02 Å². The van der Waals surface area contributed by atoms with E-state index in [2.05, 4.69) is 0 Å². The van der Waals surface area contributed by atoms with Crippen molar-refractivity contribution in [2.24, 2.45) is 0 Å². The first kappa shape index (κ1) is 25.1. The summed E-state index contributed by atoms with van der Waals surface area (Å²) in [5.41, 5.74) is -1.86. The molecule has 0 saturated carbocycles. The van der Waals surface area contributed by atoms with Crippen LogP contribution < -0.4 is 11.2 Å². The van der Waals surface area contributed by atoms with Crippen molar-refractivity contribution in [2.45, 2.75) is 58.3 Å². The van der Waals surface area contributed by atoms with Crippen LogP contribution in [0.4, 0.5) is 0 Å². The molecule has 1 aliphatic heterocycles. The number of carbonyl (C=O) groups excluding carboxylic acids is 4. The van der Waals surface area contributed by atoms with Crippen LogP contribution in [0.1, 0.15) is 33.9 Å². The number of aromatic amines is 1. The van der Waals surface area contributed by atoms with Crippen molar-refractivity contribution >= 4 is 35.5 Å². The SMILES string of the molecule is CC(=O)OC[C@H]1O[C@@H](n2cc(Cl)c(=O)[nH]c2=O)[C@H](OC(C)=O)[C@@H](OC(C)=O)[C@@H]1OC(C)=O. The third-order valence-electron chi connectivity index (χ3n) is 4.16. The number of hydrogen-bond acceptors (Lipinski definition) is 11. The maximum absolute atomic E-state index is 12.4. The lowest BCUT2D eigenvalue weighted by molar-refractivity contribution is -0.269. The van der Waals surface area contributed by atoms with Crippen LogP contribution in [0.15, 0.2) is 15.8 Å². The summed E-state index contributed by atoms with van der Waals surface area (Å²) in [6.45, 7) is 3.84. The van der Waals surface area contributed by atoms with Crippen molar-refractivity contribution in [1.29, 1.82) is 0 Å². The minimum Gasteiger partial charge on any atom is -0.463 e. The average molecular weight is 477 g/mol. The molecule has 1 saturated heterocycles. The summed E-state index contributed by atoms with van der Waals surface area (Å²) in [4.78, 5) is 72.6. The topological polar surface area (TPSA) is 169 Å². The largest absolute Gasteiger partial charge is 0.463 e. The van der Waals surface area contributed by atoms with Crippen LogP contribution in [0.5, 0.6) is 0 Å². The van der Waals surface area contributed by atoms with Gasteiger partial charge in [0.15, 0.2) is 24.5 Å². The Labute approximate surface area is 185 Å². The lowest BCUT2D eigenvalue weighted by Gasteiger charge is -2.44. The van der Waals surface area contributed by atoms with Crippen LogP contribution in [-0.4, -0.2) is 64.5 Å². The summed E-state index contributed by atoms with van der Waals surface area (Å²) >= 11 is 5.82. The van der Waals surface area contributed by atoms with E-state index < -0.39 is 77.4 Å². The summed E-state index contributed by atoms with van der Waals surface area (Å²) in [7, 11) is 0. The van der Waals surface area contributed by atoms with E-state index in [1.807, 2.05) is 4.98 Å². The lowest BCUT2D eigenvalue weighted by atomic mass is 9.97. The first-order valence-corrected chi connectivity index (χ1v) is 9.60. The first-order valence-electron chi connectivity index (χ1n) is 9.22. The lowest BCUT2D eigenvalue weighted by Crippen LogP contribution is -2.61. The molecule has 1 aromatic heterocycles. The number of hydrogen-bond donors (Lipinski definition) is 1. The smallest absolute Gasteiger partial charge is 0.330 e. The fourth-order valence-electron chi connectivity index (χ4n) is 3.08. The molecule has 176 valence electrons. The number of carbonyl (C=O) groups is 4. The van der Waals surface area contributed by atoms with Gasteiger partial charge in [-0.05, 0) is 0 Å². The van der Waals surface area contributed by atoms with Crippen molar-refractivity contribution < 1.29 is 42.9 Å². The highest BCUT2D eigenvalue weighted by Crippen LogP contribution is 2.34. The highest BCUT2D eigenvalue weighted by atomic mass is 35.5. The van der Waals surface area contributed by atoms with Gasteiger partial charge in [-0.1, -0.05) is 11.6 Å². The summed E-state index contributed by atoms with van der Waals surface area (Å²) in [6.07, 6.45) is -6.22. The van der Waals surface area contributed by atoms with E-state index in [0.29, 0.717) is 0 Å². The molecule has 32 heavy (non-hydrogen) atoms. The molecule has 0 bridgehead atoms. The van der Waals surface area contributed by atoms with E-state index in [1.54, 1.807) is 0 Å². The molecule has 0 unspecified atom stereocenters. The van der Waals surface area contributed by atoms with Gasteiger partial charge in [-0.2, -0.15) is 0 Å². The van der Waals surface area contributed by atoms with E-state index >= 15 is 0 Å². The molecule has 5 atom stereocenters. The second kappa shape index (κ2) is 10.4. The molecule has 14 heteroatoms. The predicted molar refractivity (Wildman–Crippen MR) is 104 cm³/mol. The van der Waals surface area contributed by atoms with E-state index in [0.717, 1.165) is 38.5 Å². The Morgan fingerprint density at radius 2 is 1.47 bits per heavy atom. The van der Waals surface area contributed by atoms with Crippen molar-refractivity contribution in [3.63, 3.8) is 0 Å². The van der Waals surface area contributed by atoms with Crippen molar-refractivity contribution in [3.05, 3.63) is 32.1 Å². The summed E-state index contributed by atoms with van der Waals surface area (Å²) in [5.74, 6) is -3.16. The predicted octanol–water partition coefficient (Wildman–Crippen LogP) is -0.554. The van der Waals surface area contributed by atoms with Gasteiger partial charge in [0.1, 0.15) is 17.7 Å². The van der Waals surface area contributed by atoms with Crippen LogP contribution in [0, 0.1) is 0 Å². The summed E-state index contributed by atoms with van der Waals surface area (Å²) < 4.78 is 27.3. The van der Waals surface area contributed by atoms with Crippen molar-refractivity contribution in [3.8, 4) is 0 Å². The third-order valence-corrected chi connectivity index (χ3v) is 4.43. The zero-order chi connectivity index (χ0) is 24.2. The number of H-pyrrole nitrogens is 1. The molecule has 1 fully saturated rings. The Bertz CT molecular complexity index is 1020. The van der Waals surface area contributed by atoms with Gasteiger partial charge in [0, 0.05) is 33.9 Å². The van der Waals surface area contributed by atoms with Gasteiger partial charge in [0.25, 0.3) is 5.56 Å². The zero-order valence-corrected chi connectivity index (χ0v) is 18.2. The van der Waals surface area contributed by atoms with Crippen molar-refractivity contribution in [2.75, 3.05) is 6.61 Å². The quantitative estimate of drug-likeness (QED) is 0.412. The average Bonchev–Trinajstić information content (AvgIpc) is 2.65. The Morgan fingerprint density at radius 3 is 2.00 bits per heavy atom. The van der Waals surface area contributed by atoms with E-state index in [-0.39, 0.29) is 0 Å². The summed E-state index contributed by atoms with van der Waals surface area (Å²) in [5, 5.41) is -0.391. The number of rotatable bonds is 6. The molecule has 1 aromatic rings. The normalized spacial score (nSPS) is 24.8. The van der Waals surface area contributed by atoms with Crippen molar-refractivity contribution in [1.82, 2.24) is 9.55 Å². The van der Waals surface area contributed by atoms with Crippen LogP contribution in [0.3, 0.4) is 0 Å². The second-order valence-corrected chi connectivity index (χ2v) is 7.14. The molecule has 0 spiro atoms. The number of aromatic nitrogens is 2. The Morgan fingerprint density at radius 1 is 0.938 bits per heavy atom. The van der Waals surface area contributed by atoms with E-state index in [1.165, 1.54) is 0 Å². The minimum absolute atomic E-state index is 0.391. The first-order chi connectivity index (χ1) is 14.9. The highest BCUT2D eigenvalue weighted by molar-refractivity contribution is 6.30. The highest BCUT2D eigenvalue weighted by Gasteiger charge is 2.53. The van der Waals surface area contributed by atoms with Gasteiger partial charge >= 0.3 is 29.6 Å². The molecule has 2 rings (SSSR count). The van der Waals surface area contributed by atoms with E-state index in [4.69, 9.17) is 35.3 Å². The Hall–Kier alpha value is -3.19. The van der Waals surface area contributed by atoms with Gasteiger partial charge < -0.3 is 23.7 Å². The van der Waals surface area contributed by atoms with Crippen LogP contribution in [0.25, 0.3) is 0 Å². The monoisotopic (exact) mass is 476 g/mol. The molecule has 0 amide bonds.